The summed E-state index contributed by atoms with van der Waals surface area (Å²) in [5.74, 6) is -2.76. The van der Waals surface area contributed by atoms with Gasteiger partial charge in [-0.25, -0.2) is 9.59 Å². The summed E-state index contributed by atoms with van der Waals surface area (Å²) < 4.78 is 32.6. The van der Waals surface area contributed by atoms with E-state index in [1.807, 2.05) is 13.8 Å². The highest BCUT2D eigenvalue weighted by Gasteiger charge is 2.58. The number of esters is 3. The molecule has 0 saturated heterocycles. The van der Waals surface area contributed by atoms with Crippen molar-refractivity contribution in [3.63, 3.8) is 0 Å². The molecule has 1 aromatic rings. The number of benzene rings is 1. The molecule has 10 heteroatoms. The molecule has 34 heavy (non-hydrogen) atoms. The van der Waals surface area contributed by atoms with E-state index < -0.39 is 35.2 Å². The van der Waals surface area contributed by atoms with Crippen molar-refractivity contribution in [2.75, 3.05) is 27.6 Å². The van der Waals surface area contributed by atoms with Crippen LogP contribution in [0.5, 0.6) is 17.2 Å². The van der Waals surface area contributed by atoms with Gasteiger partial charge in [0.05, 0.1) is 14.2 Å². The largest absolute Gasteiger partial charge is 0.487 e. The van der Waals surface area contributed by atoms with Crippen LogP contribution in [0.1, 0.15) is 44.4 Å². The summed E-state index contributed by atoms with van der Waals surface area (Å²) >= 11 is 0. The molecule has 0 aromatic heterocycles. The zero-order chi connectivity index (χ0) is 24.8. The minimum absolute atomic E-state index is 0.0679. The van der Waals surface area contributed by atoms with Gasteiger partial charge in [0, 0.05) is 30.0 Å². The van der Waals surface area contributed by atoms with Crippen LogP contribution in [-0.2, 0) is 38.8 Å². The lowest BCUT2D eigenvalue weighted by Crippen LogP contribution is -2.47. The lowest BCUT2D eigenvalue weighted by atomic mass is 9.63. The van der Waals surface area contributed by atoms with Crippen LogP contribution >= 0.6 is 0 Å². The second kappa shape index (κ2) is 8.66. The lowest BCUT2D eigenvalue weighted by Gasteiger charge is -2.39. The molecule has 0 fully saturated rings. The van der Waals surface area contributed by atoms with Crippen molar-refractivity contribution in [3.8, 4) is 17.2 Å². The highest BCUT2D eigenvalue weighted by atomic mass is 16.7. The molecule has 1 aliphatic carbocycles. The normalized spacial score (nSPS) is 27.7. The number of ether oxygens (including phenoxy) is 6. The van der Waals surface area contributed by atoms with Crippen molar-refractivity contribution in [2.24, 2.45) is 11.8 Å². The summed E-state index contributed by atoms with van der Waals surface area (Å²) in [6.07, 6.45) is 0.679. The smallest absolute Gasteiger partial charge is 0.375 e. The maximum absolute atomic E-state index is 13.7. The van der Waals surface area contributed by atoms with Crippen LogP contribution < -0.4 is 14.2 Å². The summed E-state index contributed by atoms with van der Waals surface area (Å²) in [4.78, 5) is 50.8. The molecule has 1 unspecified atom stereocenters. The Balaban J connectivity index is 2.11. The molecule has 0 bridgehead atoms. The third-order valence-electron chi connectivity index (χ3n) is 6.83. The van der Waals surface area contributed by atoms with Gasteiger partial charge in [-0.3, -0.25) is 9.59 Å². The van der Waals surface area contributed by atoms with Gasteiger partial charge in [0.15, 0.2) is 11.5 Å². The Hall–Kier alpha value is -3.56. The molecule has 4 atom stereocenters. The number of carbonyl (C=O) groups excluding carboxylic acids is 4. The van der Waals surface area contributed by atoms with E-state index in [0.29, 0.717) is 22.4 Å². The van der Waals surface area contributed by atoms with Crippen LogP contribution in [0.3, 0.4) is 0 Å². The zero-order valence-corrected chi connectivity index (χ0v) is 19.6. The quantitative estimate of drug-likeness (QED) is 0.278. The average Bonchev–Trinajstić information content (AvgIpc) is 3.44. The molecular weight excluding hydrogens is 448 g/mol. The van der Waals surface area contributed by atoms with Crippen LogP contribution in [0, 0.1) is 11.8 Å². The van der Waals surface area contributed by atoms with E-state index in [1.54, 1.807) is 6.07 Å². The Morgan fingerprint density at radius 3 is 2.44 bits per heavy atom. The Labute approximate surface area is 196 Å². The molecule has 10 nitrogen and oxygen atoms in total. The molecule has 182 valence electrons. The Bertz CT molecular complexity index is 1100. The number of Topliss-reactive ketones (excluding diaryl/α,β-unsaturated/α-hetero) is 1. The number of ketones is 1. The van der Waals surface area contributed by atoms with Crippen LogP contribution in [0.15, 0.2) is 17.7 Å². The van der Waals surface area contributed by atoms with E-state index in [0.717, 1.165) is 7.11 Å². The zero-order valence-electron chi connectivity index (χ0n) is 19.6. The summed E-state index contributed by atoms with van der Waals surface area (Å²) in [6.45, 7) is 4.78. The van der Waals surface area contributed by atoms with Gasteiger partial charge in [-0.1, -0.05) is 13.8 Å². The number of hydrogen-bond donors (Lipinski definition) is 0. The minimum atomic E-state index is -1.71. The summed E-state index contributed by atoms with van der Waals surface area (Å²) in [6, 6.07) is 1.65. The van der Waals surface area contributed by atoms with Gasteiger partial charge < -0.3 is 28.4 Å². The fourth-order valence-corrected chi connectivity index (χ4v) is 4.95. The van der Waals surface area contributed by atoms with Crippen molar-refractivity contribution in [2.45, 2.75) is 38.7 Å². The SMILES string of the molecule is COC(=O)/C=C1/C[C@@H](C)[C@H](C)[C@@H](OC(C)=O)c2cc3c(c4c2C1(C(=O)C(=O)OC)CO4)OCO3. The second-order valence-corrected chi connectivity index (χ2v) is 8.68. The van der Waals surface area contributed by atoms with E-state index in [4.69, 9.17) is 28.4 Å². The van der Waals surface area contributed by atoms with Crippen LogP contribution in [0.4, 0.5) is 0 Å². The first kappa shape index (κ1) is 23.6. The molecule has 0 saturated carbocycles. The monoisotopic (exact) mass is 474 g/mol. The van der Waals surface area contributed by atoms with Gasteiger partial charge in [0.25, 0.3) is 5.78 Å². The first-order valence-corrected chi connectivity index (χ1v) is 10.8. The summed E-state index contributed by atoms with van der Waals surface area (Å²) in [5, 5.41) is 0. The first-order chi connectivity index (χ1) is 16.1. The molecule has 4 rings (SSSR count). The van der Waals surface area contributed by atoms with Crippen molar-refractivity contribution in [1.82, 2.24) is 0 Å². The van der Waals surface area contributed by atoms with E-state index in [2.05, 4.69) is 0 Å². The Kier molecular flexibility index (Phi) is 6.01. The molecule has 0 radical (unpaired) electrons. The molecule has 2 aliphatic heterocycles. The van der Waals surface area contributed by atoms with E-state index >= 15 is 0 Å². The predicted octanol–water partition coefficient (Wildman–Crippen LogP) is 2.17. The van der Waals surface area contributed by atoms with Crippen LogP contribution in [0.25, 0.3) is 0 Å². The molecular formula is C24H26O10. The number of rotatable bonds is 4. The van der Waals surface area contributed by atoms with Gasteiger partial charge in [-0.2, -0.15) is 0 Å². The van der Waals surface area contributed by atoms with Crippen molar-refractivity contribution in [1.29, 1.82) is 0 Å². The van der Waals surface area contributed by atoms with Gasteiger partial charge in [0.2, 0.25) is 12.5 Å². The molecule has 0 spiro atoms. The van der Waals surface area contributed by atoms with E-state index in [-0.39, 0.29) is 43.2 Å². The fourth-order valence-electron chi connectivity index (χ4n) is 4.95. The topological polar surface area (TPSA) is 124 Å². The van der Waals surface area contributed by atoms with E-state index in [1.165, 1.54) is 20.1 Å². The van der Waals surface area contributed by atoms with Crippen molar-refractivity contribution in [3.05, 3.63) is 28.8 Å². The minimum Gasteiger partial charge on any atom is -0.487 e. The lowest BCUT2D eigenvalue weighted by molar-refractivity contribution is -0.154. The van der Waals surface area contributed by atoms with Crippen LogP contribution in [-0.4, -0.2) is 51.3 Å². The van der Waals surface area contributed by atoms with Crippen molar-refractivity contribution >= 4 is 23.7 Å². The highest BCUT2D eigenvalue weighted by molar-refractivity contribution is 6.38. The fraction of sp³-hybridized carbons (Fsp3) is 0.500. The summed E-state index contributed by atoms with van der Waals surface area (Å²) in [5.41, 5.74) is -0.625. The standard InChI is InChI=1S/C24H26O10/c1-11-6-14(7-17(26)29-4)24(22(27)23(28)30-5)9-31-21-18(24)15(8-16-20(21)33-10-32-16)19(12(11)2)34-13(3)25/h7-8,11-12,19H,6,9-10H2,1-5H3/b14-7-/t11-,12+,19-,24?/m1/s1. The third-order valence-corrected chi connectivity index (χ3v) is 6.83. The van der Waals surface area contributed by atoms with Crippen LogP contribution in [0.2, 0.25) is 0 Å². The average molecular weight is 474 g/mol. The Morgan fingerprint density at radius 1 is 1.06 bits per heavy atom. The maximum Gasteiger partial charge on any atom is 0.375 e. The first-order valence-electron chi connectivity index (χ1n) is 10.8. The number of methoxy groups -OCH3 is 2. The van der Waals surface area contributed by atoms with Gasteiger partial charge in [-0.05, 0) is 24.0 Å². The Morgan fingerprint density at radius 2 is 1.79 bits per heavy atom. The number of carbonyl (C=O) groups is 4. The second-order valence-electron chi connectivity index (χ2n) is 8.68. The molecule has 3 aliphatic rings. The van der Waals surface area contributed by atoms with Gasteiger partial charge in [-0.15, -0.1) is 0 Å². The van der Waals surface area contributed by atoms with Gasteiger partial charge >= 0.3 is 17.9 Å². The maximum atomic E-state index is 13.7. The number of fused-ring (bicyclic) bond motifs is 2. The summed E-state index contributed by atoms with van der Waals surface area (Å²) in [7, 11) is 2.33. The third kappa shape index (κ3) is 3.48. The molecule has 0 amide bonds. The molecule has 2 heterocycles. The van der Waals surface area contributed by atoms with Crippen molar-refractivity contribution < 1.29 is 47.6 Å². The molecule has 1 aromatic carbocycles. The van der Waals surface area contributed by atoms with E-state index in [9.17, 15) is 19.2 Å². The number of hydrogen-bond acceptors (Lipinski definition) is 10. The highest BCUT2D eigenvalue weighted by Crippen LogP contribution is 2.59. The molecule has 0 N–H and O–H groups in total. The van der Waals surface area contributed by atoms with Gasteiger partial charge in [0.1, 0.15) is 18.1 Å². The predicted molar refractivity (Wildman–Crippen MR) is 114 cm³/mol.